The van der Waals surface area contributed by atoms with Crippen LogP contribution in [0, 0.1) is 6.92 Å². The Morgan fingerprint density at radius 2 is 1.81 bits per heavy atom. The maximum Gasteiger partial charge on any atom is 0.271 e. The summed E-state index contributed by atoms with van der Waals surface area (Å²) in [4.78, 5) is 23.3. The zero-order valence-electron chi connectivity index (χ0n) is 19.6. The van der Waals surface area contributed by atoms with E-state index in [1.54, 1.807) is 0 Å². The van der Waals surface area contributed by atoms with Gasteiger partial charge in [-0.1, -0.05) is 83.6 Å². The number of para-hydroxylation sites is 1. The van der Waals surface area contributed by atoms with Gasteiger partial charge in [0.05, 0.1) is 16.3 Å². The van der Waals surface area contributed by atoms with E-state index in [2.05, 4.69) is 41.4 Å². The lowest BCUT2D eigenvalue weighted by molar-refractivity contribution is 0.585. The van der Waals surface area contributed by atoms with Crippen molar-refractivity contribution in [2.75, 3.05) is 0 Å². The fourth-order valence-corrected chi connectivity index (χ4v) is 6.83. The molecule has 2 aromatic heterocycles. The highest BCUT2D eigenvalue weighted by atomic mass is 35.5. The minimum absolute atomic E-state index is 0.0289. The summed E-state index contributed by atoms with van der Waals surface area (Å²) in [5, 5.41) is 1.77. The summed E-state index contributed by atoms with van der Waals surface area (Å²) in [7, 11) is 0. The second kappa shape index (κ2) is 8.19. The number of benzene rings is 3. The van der Waals surface area contributed by atoms with E-state index in [0.717, 1.165) is 57.4 Å². The number of nitrogens with one attached hydrogen (secondary N) is 1. The van der Waals surface area contributed by atoms with Crippen molar-refractivity contribution in [2.45, 2.75) is 25.8 Å². The van der Waals surface area contributed by atoms with Gasteiger partial charge in [0.25, 0.3) is 5.56 Å². The van der Waals surface area contributed by atoms with E-state index >= 15 is 0 Å². The number of H-pyrrole nitrogens is 1. The van der Waals surface area contributed by atoms with Gasteiger partial charge in [-0.25, -0.2) is 4.99 Å². The Labute approximate surface area is 216 Å². The predicted molar refractivity (Wildman–Crippen MR) is 147 cm³/mol. The van der Waals surface area contributed by atoms with Crippen LogP contribution in [-0.2, 0) is 6.42 Å². The first kappa shape index (κ1) is 21.6. The van der Waals surface area contributed by atoms with E-state index in [4.69, 9.17) is 16.6 Å². The summed E-state index contributed by atoms with van der Waals surface area (Å²) in [5.74, 6) is 0. The number of fused-ring (bicyclic) bond motifs is 4. The zero-order chi connectivity index (χ0) is 24.4. The average Bonchev–Trinajstić information content (AvgIpc) is 3.39. The van der Waals surface area contributed by atoms with Gasteiger partial charge in [0.2, 0.25) is 0 Å². The van der Waals surface area contributed by atoms with E-state index in [1.807, 2.05) is 54.0 Å². The molecule has 176 valence electrons. The number of hydrogen-bond acceptors (Lipinski definition) is 3. The van der Waals surface area contributed by atoms with Crippen molar-refractivity contribution in [2.24, 2.45) is 4.99 Å². The Bertz CT molecular complexity index is 1910. The largest absolute Gasteiger partial charge is 0.358 e. The molecule has 5 aromatic rings. The lowest BCUT2D eigenvalue weighted by Gasteiger charge is -2.31. The Balaban J connectivity index is 1.53. The topological polar surface area (TPSA) is 50.1 Å². The zero-order valence-corrected chi connectivity index (χ0v) is 21.2. The number of aromatic amines is 1. The SMILES string of the molecule is Cc1[nH]c2ccccc2c1C=c1sc2n(c1=O)C(c1ccccc1Cl)C1=C(N=2)c2ccccc2CC1. The van der Waals surface area contributed by atoms with Crippen LogP contribution in [0.15, 0.2) is 88.2 Å². The van der Waals surface area contributed by atoms with E-state index in [0.29, 0.717) is 14.4 Å². The molecule has 0 bridgehead atoms. The van der Waals surface area contributed by atoms with Gasteiger partial charge in [-0.3, -0.25) is 9.36 Å². The standard InChI is InChI=1S/C30H22ClN3OS/c1-17-23(20-10-5-7-13-25(20)32-17)16-26-29(35)34-28(21-11-4-6-12-24(21)31)22-15-14-18-8-2-3-9-19(18)27(22)33-30(34)36-26/h2-13,16,28,32H,14-15H2,1H3. The lowest BCUT2D eigenvalue weighted by Crippen LogP contribution is -2.38. The van der Waals surface area contributed by atoms with Crippen LogP contribution in [0.25, 0.3) is 22.7 Å². The molecule has 7 rings (SSSR count). The van der Waals surface area contributed by atoms with Crippen molar-refractivity contribution in [1.29, 1.82) is 0 Å². The van der Waals surface area contributed by atoms with Crippen LogP contribution in [-0.4, -0.2) is 9.55 Å². The van der Waals surface area contributed by atoms with Crippen molar-refractivity contribution in [3.8, 4) is 0 Å². The van der Waals surface area contributed by atoms with Gasteiger partial charge in [0.1, 0.15) is 0 Å². The van der Waals surface area contributed by atoms with Gasteiger partial charge in [-0.05, 0) is 54.7 Å². The summed E-state index contributed by atoms with van der Waals surface area (Å²) < 4.78 is 2.53. The molecule has 6 heteroatoms. The Hall–Kier alpha value is -3.67. The minimum Gasteiger partial charge on any atom is -0.358 e. The number of aromatic nitrogens is 2. The van der Waals surface area contributed by atoms with Crippen LogP contribution in [0.1, 0.15) is 40.4 Å². The minimum atomic E-state index is -0.274. The molecule has 3 heterocycles. The second-order valence-corrected chi connectivity index (χ2v) is 10.8. The molecule has 1 unspecified atom stereocenters. The normalized spacial score (nSPS) is 17.1. The van der Waals surface area contributed by atoms with Crippen LogP contribution in [0.3, 0.4) is 0 Å². The van der Waals surface area contributed by atoms with E-state index in [9.17, 15) is 4.79 Å². The Kier molecular flexibility index (Phi) is 4.91. The van der Waals surface area contributed by atoms with Crippen LogP contribution in [0.4, 0.5) is 0 Å². The molecule has 0 saturated heterocycles. The first-order chi connectivity index (χ1) is 17.6. The van der Waals surface area contributed by atoms with Crippen molar-refractivity contribution < 1.29 is 0 Å². The van der Waals surface area contributed by atoms with Crippen molar-refractivity contribution >= 4 is 45.6 Å². The first-order valence-electron chi connectivity index (χ1n) is 12.0. The third-order valence-electron chi connectivity index (χ3n) is 7.29. The third kappa shape index (κ3) is 3.20. The van der Waals surface area contributed by atoms with Gasteiger partial charge in [-0.15, -0.1) is 0 Å². The van der Waals surface area contributed by atoms with E-state index in [-0.39, 0.29) is 11.6 Å². The number of rotatable bonds is 2. The van der Waals surface area contributed by atoms with Crippen molar-refractivity contribution in [3.63, 3.8) is 0 Å². The highest BCUT2D eigenvalue weighted by molar-refractivity contribution is 7.07. The summed E-state index contributed by atoms with van der Waals surface area (Å²) >= 11 is 8.19. The Morgan fingerprint density at radius 3 is 2.69 bits per heavy atom. The fraction of sp³-hybridized carbons (Fsp3) is 0.133. The molecule has 1 atom stereocenters. The van der Waals surface area contributed by atoms with Crippen LogP contribution in [0.2, 0.25) is 5.02 Å². The van der Waals surface area contributed by atoms with Crippen LogP contribution >= 0.6 is 22.9 Å². The monoisotopic (exact) mass is 507 g/mol. The molecule has 4 nitrogen and oxygen atoms in total. The molecule has 1 aliphatic heterocycles. The quantitative estimate of drug-likeness (QED) is 0.324. The lowest BCUT2D eigenvalue weighted by atomic mass is 9.83. The molecule has 3 aromatic carbocycles. The number of aryl methyl sites for hydroxylation is 2. The van der Waals surface area contributed by atoms with Gasteiger partial charge >= 0.3 is 0 Å². The number of thiazole rings is 1. The number of allylic oxidation sites excluding steroid dienone is 1. The molecular formula is C30H22ClN3OS. The van der Waals surface area contributed by atoms with Crippen molar-refractivity contribution in [1.82, 2.24) is 9.55 Å². The summed E-state index contributed by atoms with van der Waals surface area (Å²) in [6, 6.07) is 24.2. The number of halogens is 1. The van der Waals surface area contributed by atoms with Crippen LogP contribution < -0.4 is 14.9 Å². The molecule has 1 aliphatic carbocycles. The Morgan fingerprint density at radius 1 is 1.03 bits per heavy atom. The van der Waals surface area contributed by atoms with Gasteiger partial charge in [0, 0.05) is 32.7 Å². The molecule has 0 saturated carbocycles. The number of nitrogens with zero attached hydrogens (tertiary/aromatic N) is 2. The molecule has 2 aliphatic rings. The summed E-state index contributed by atoms with van der Waals surface area (Å²) in [6.07, 6.45) is 3.78. The molecule has 36 heavy (non-hydrogen) atoms. The van der Waals surface area contributed by atoms with Gasteiger partial charge in [0.15, 0.2) is 4.80 Å². The molecular weight excluding hydrogens is 486 g/mol. The molecule has 0 amide bonds. The average molecular weight is 508 g/mol. The van der Waals surface area contributed by atoms with E-state index in [1.165, 1.54) is 16.9 Å². The van der Waals surface area contributed by atoms with Gasteiger partial charge in [-0.2, -0.15) is 0 Å². The highest BCUT2D eigenvalue weighted by Gasteiger charge is 2.33. The molecule has 0 fully saturated rings. The van der Waals surface area contributed by atoms with Crippen molar-refractivity contribution in [3.05, 3.63) is 131 Å². The molecule has 1 N–H and O–H groups in total. The molecule has 0 radical (unpaired) electrons. The van der Waals surface area contributed by atoms with Gasteiger partial charge < -0.3 is 4.98 Å². The van der Waals surface area contributed by atoms with Crippen LogP contribution in [0.5, 0.6) is 0 Å². The fourth-order valence-electron chi connectivity index (χ4n) is 5.61. The molecule has 0 spiro atoms. The maximum absolute atomic E-state index is 14.0. The summed E-state index contributed by atoms with van der Waals surface area (Å²) in [6.45, 7) is 2.05. The van der Waals surface area contributed by atoms with E-state index < -0.39 is 0 Å². The first-order valence-corrected chi connectivity index (χ1v) is 13.2. The second-order valence-electron chi connectivity index (χ2n) is 9.34. The maximum atomic E-state index is 14.0. The smallest absolute Gasteiger partial charge is 0.271 e. The highest BCUT2D eigenvalue weighted by Crippen LogP contribution is 2.42. The summed E-state index contributed by atoms with van der Waals surface area (Å²) in [5.41, 5.74) is 8.65. The number of hydrogen-bond donors (Lipinski definition) is 1. The predicted octanol–water partition coefficient (Wildman–Crippen LogP) is 5.76. The third-order valence-corrected chi connectivity index (χ3v) is 8.62.